The molecule has 2 aliphatic rings. The molecule has 2 rings (SSSR count). The van der Waals surface area contributed by atoms with Crippen LogP contribution in [0.5, 0.6) is 0 Å². The average molecular weight is 354 g/mol. The molecule has 7 heteroatoms. The van der Waals surface area contributed by atoms with Gasteiger partial charge in [0.2, 0.25) is 5.91 Å². The summed E-state index contributed by atoms with van der Waals surface area (Å²) in [6, 6.07) is 0. The number of methoxy groups -OCH3 is 1. The average Bonchev–Trinajstić information content (AvgIpc) is 3.08. The molecule has 1 heterocycles. The standard InChI is InChI=1S/C18H34N4O3/c1-22(2)16(23)13-20-17(19-12-15-6-4-10-25-15)21-14-18(7-5-8-18)9-11-24-3/h15H,4-14H2,1-3H3,(H2,19,20,21). The summed E-state index contributed by atoms with van der Waals surface area (Å²) in [6.45, 7) is 3.37. The van der Waals surface area contributed by atoms with Crippen molar-refractivity contribution in [1.82, 2.24) is 15.5 Å². The molecule has 0 aromatic heterocycles. The first-order chi connectivity index (χ1) is 12.0. The summed E-state index contributed by atoms with van der Waals surface area (Å²) in [5.41, 5.74) is 0.299. The Balaban J connectivity index is 1.87. The summed E-state index contributed by atoms with van der Waals surface area (Å²) >= 11 is 0. The molecule has 0 aromatic carbocycles. The second-order valence-corrected chi connectivity index (χ2v) is 7.42. The lowest BCUT2D eigenvalue weighted by Crippen LogP contribution is -2.48. The number of hydrogen-bond donors (Lipinski definition) is 2. The van der Waals surface area contributed by atoms with Gasteiger partial charge in [-0.1, -0.05) is 6.42 Å². The van der Waals surface area contributed by atoms with Gasteiger partial charge in [-0.2, -0.15) is 0 Å². The second kappa shape index (κ2) is 9.97. The largest absolute Gasteiger partial charge is 0.385 e. The van der Waals surface area contributed by atoms with Gasteiger partial charge in [-0.05, 0) is 37.5 Å². The summed E-state index contributed by atoms with van der Waals surface area (Å²) in [5, 5.41) is 6.79. The zero-order chi connectivity index (χ0) is 18.1. The van der Waals surface area contributed by atoms with E-state index in [1.54, 1.807) is 26.1 Å². The van der Waals surface area contributed by atoms with Crippen LogP contribution in [-0.4, -0.2) is 76.9 Å². The normalized spacial score (nSPS) is 22.4. The van der Waals surface area contributed by atoms with E-state index in [2.05, 4.69) is 15.6 Å². The lowest BCUT2D eigenvalue weighted by molar-refractivity contribution is -0.127. The van der Waals surface area contributed by atoms with E-state index in [1.807, 2.05) is 0 Å². The molecule has 2 N–H and O–H groups in total. The molecule has 2 fully saturated rings. The van der Waals surface area contributed by atoms with Crippen LogP contribution in [0.4, 0.5) is 0 Å². The zero-order valence-corrected chi connectivity index (χ0v) is 16.0. The number of ether oxygens (including phenoxy) is 2. The number of rotatable bonds is 9. The number of carbonyl (C=O) groups is 1. The molecule has 0 spiro atoms. The van der Waals surface area contributed by atoms with Crippen LogP contribution < -0.4 is 10.6 Å². The SMILES string of the molecule is COCCC1(CNC(=NCC(=O)N(C)C)NCC2CCCO2)CCC1. The summed E-state index contributed by atoms with van der Waals surface area (Å²) < 4.78 is 10.9. The van der Waals surface area contributed by atoms with Gasteiger partial charge in [-0.25, -0.2) is 4.99 Å². The topological polar surface area (TPSA) is 75.2 Å². The molecule has 7 nitrogen and oxygen atoms in total. The van der Waals surface area contributed by atoms with Crippen LogP contribution >= 0.6 is 0 Å². The molecule has 1 saturated carbocycles. The van der Waals surface area contributed by atoms with Gasteiger partial charge >= 0.3 is 0 Å². The first-order valence-electron chi connectivity index (χ1n) is 9.37. The third kappa shape index (κ3) is 6.47. The first kappa shape index (κ1) is 20.0. The number of aliphatic imine (C=N–C) groups is 1. The number of nitrogens with one attached hydrogen (secondary N) is 2. The minimum Gasteiger partial charge on any atom is -0.385 e. The van der Waals surface area contributed by atoms with Gasteiger partial charge in [0.15, 0.2) is 5.96 Å². The van der Waals surface area contributed by atoms with Crippen molar-refractivity contribution in [2.45, 2.75) is 44.6 Å². The molecule has 1 saturated heterocycles. The first-order valence-corrected chi connectivity index (χ1v) is 9.37. The van der Waals surface area contributed by atoms with Gasteiger partial charge in [-0.15, -0.1) is 0 Å². The van der Waals surface area contributed by atoms with Crippen molar-refractivity contribution in [1.29, 1.82) is 0 Å². The highest BCUT2D eigenvalue weighted by atomic mass is 16.5. The van der Waals surface area contributed by atoms with Gasteiger partial charge in [0.25, 0.3) is 0 Å². The van der Waals surface area contributed by atoms with Crippen LogP contribution in [-0.2, 0) is 14.3 Å². The Morgan fingerprint density at radius 1 is 1.32 bits per heavy atom. The van der Waals surface area contributed by atoms with E-state index in [0.717, 1.165) is 45.6 Å². The fraction of sp³-hybridized carbons (Fsp3) is 0.889. The quantitative estimate of drug-likeness (QED) is 0.477. The third-order valence-electron chi connectivity index (χ3n) is 5.27. The zero-order valence-electron chi connectivity index (χ0n) is 16.0. The van der Waals surface area contributed by atoms with E-state index in [0.29, 0.717) is 11.4 Å². The smallest absolute Gasteiger partial charge is 0.243 e. The van der Waals surface area contributed by atoms with E-state index in [1.165, 1.54) is 19.3 Å². The Bertz CT molecular complexity index is 444. The summed E-state index contributed by atoms with van der Waals surface area (Å²) in [4.78, 5) is 17.9. The maximum atomic E-state index is 11.8. The van der Waals surface area contributed by atoms with Gasteiger partial charge in [0, 0.05) is 47.5 Å². The van der Waals surface area contributed by atoms with E-state index in [4.69, 9.17) is 9.47 Å². The highest BCUT2D eigenvalue weighted by molar-refractivity contribution is 5.84. The van der Waals surface area contributed by atoms with Crippen molar-refractivity contribution in [2.24, 2.45) is 10.4 Å². The molecule has 1 aliphatic carbocycles. The molecule has 25 heavy (non-hydrogen) atoms. The Kier molecular flexibility index (Phi) is 7.96. The maximum absolute atomic E-state index is 11.8. The fourth-order valence-electron chi connectivity index (χ4n) is 3.26. The predicted molar refractivity (Wildman–Crippen MR) is 98.8 cm³/mol. The van der Waals surface area contributed by atoms with Crippen LogP contribution in [0.25, 0.3) is 0 Å². The lowest BCUT2D eigenvalue weighted by atomic mass is 9.67. The summed E-state index contributed by atoms with van der Waals surface area (Å²) in [5.74, 6) is 0.699. The highest BCUT2D eigenvalue weighted by Crippen LogP contribution is 2.43. The molecule has 0 radical (unpaired) electrons. The molecule has 1 unspecified atom stereocenters. The van der Waals surface area contributed by atoms with E-state index in [-0.39, 0.29) is 18.6 Å². The Hall–Kier alpha value is -1.34. The maximum Gasteiger partial charge on any atom is 0.243 e. The number of likely N-dealkylation sites (N-methyl/N-ethyl adjacent to an activating group) is 1. The Morgan fingerprint density at radius 2 is 2.12 bits per heavy atom. The molecule has 0 aromatic rings. The van der Waals surface area contributed by atoms with Crippen molar-refractivity contribution < 1.29 is 14.3 Å². The summed E-state index contributed by atoms with van der Waals surface area (Å²) in [6.07, 6.45) is 7.22. The van der Waals surface area contributed by atoms with Crippen molar-refractivity contribution >= 4 is 11.9 Å². The van der Waals surface area contributed by atoms with Crippen LogP contribution in [0.15, 0.2) is 4.99 Å². The molecule has 1 atom stereocenters. The number of hydrogen-bond acceptors (Lipinski definition) is 4. The summed E-state index contributed by atoms with van der Waals surface area (Å²) in [7, 11) is 5.25. The van der Waals surface area contributed by atoms with Gasteiger partial charge in [0.05, 0.1) is 6.10 Å². The minimum atomic E-state index is -0.00374. The molecule has 1 amide bonds. The van der Waals surface area contributed by atoms with Crippen molar-refractivity contribution in [2.75, 3.05) is 54.1 Å². The Morgan fingerprint density at radius 3 is 2.68 bits per heavy atom. The fourth-order valence-corrected chi connectivity index (χ4v) is 3.26. The third-order valence-corrected chi connectivity index (χ3v) is 5.27. The minimum absolute atomic E-state index is 0.00374. The van der Waals surface area contributed by atoms with Crippen molar-refractivity contribution in [3.63, 3.8) is 0 Å². The number of amides is 1. The molecular weight excluding hydrogens is 320 g/mol. The van der Waals surface area contributed by atoms with E-state index >= 15 is 0 Å². The Labute approximate surface area is 151 Å². The van der Waals surface area contributed by atoms with Gasteiger partial charge in [0.1, 0.15) is 6.54 Å². The second-order valence-electron chi connectivity index (χ2n) is 7.42. The number of carbonyl (C=O) groups excluding carboxylic acids is 1. The van der Waals surface area contributed by atoms with Crippen LogP contribution in [0, 0.1) is 5.41 Å². The molecule has 144 valence electrons. The highest BCUT2D eigenvalue weighted by Gasteiger charge is 2.36. The van der Waals surface area contributed by atoms with Crippen LogP contribution in [0.1, 0.15) is 38.5 Å². The molecule has 1 aliphatic heterocycles. The van der Waals surface area contributed by atoms with E-state index < -0.39 is 0 Å². The van der Waals surface area contributed by atoms with Crippen molar-refractivity contribution in [3.05, 3.63) is 0 Å². The predicted octanol–water partition coefficient (Wildman–Crippen LogP) is 0.996. The van der Waals surface area contributed by atoms with Crippen LogP contribution in [0.2, 0.25) is 0 Å². The number of guanidine groups is 1. The monoisotopic (exact) mass is 354 g/mol. The lowest BCUT2D eigenvalue weighted by Gasteiger charge is -2.42. The molecule has 0 bridgehead atoms. The van der Waals surface area contributed by atoms with Gasteiger partial charge < -0.3 is 25.0 Å². The van der Waals surface area contributed by atoms with Gasteiger partial charge in [-0.3, -0.25) is 4.79 Å². The van der Waals surface area contributed by atoms with Crippen molar-refractivity contribution in [3.8, 4) is 0 Å². The number of nitrogens with zero attached hydrogens (tertiary/aromatic N) is 2. The molecular formula is C18H34N4O3. The van der Waals surface area contributed by atoms with E-state index in [9.17, 15) is 4.79 Å². The van der Waals surface area contributed by atoms with Crippen LogP contribution in [0.3, 0.4) is 0 Å².